The van der Waals surface area contributed by atoms with Gasteiger partial charge < -0.3 is 20.5 Å². The van der Waals surface area contributed by atoms with Crippen molar-refractivity contribution in [2.45, 2.75) is 13.0 Å². The third-order valence-corrected chi connectivity index (χ3v) is 3.88. The molecule has 0 aliphatic heterocycles. The van der Waals surface area contributed by atoms with Crippen LogP contribution < -0.4 is 10.6 Å². The second-order valence-electron chi connectivity index (χ2n) is 6.10. The van der Waals surface area contributed by atoms with E-state index in [-0.39, 0.29) is 12.6 Å². The summed E-state index contributed by atoms with van der Waals surface area (Å²) in [6.45, 7) is 1.78. The Morgan fingerprint density at radius 1 is 1.14 bits per heavy atom. The molecule has 0 aliphatic rings. The minimum atomic E-state index is -0.393. The van der Waals surface area contributed by atoms with Crippen LogP contribution in [-0.2, 0) is 4.74 Å². The first-order chi connectivity index (χ1) is 13.6. The topological polar surface area (TPSA) is 109 Å². The van der Waals surface area contributed by atoms with Crippen LogP contribution in [0.15, 0.2) is 54.7 Å². The van der Waals surface area contributed by atoms with Gasteiger partial charge in [0.05, 0.1) is 30.7 Å². The standard InChI is InChI=1S/C20H21N5O3/c1-13(12-26)22-20-24-17(16-5-3-4-10-21-16)11-18(25-20)23-15-8-6-14(7-9-15)19(27)28-2/h3-11,13,26H,12H2,1-2H3,(H2,22,23,24,25)/t13-/m0/s1. The fourth-order valence-electron chi connectivity index (χ4n) is 2.44. The largest absolute Gasteiger partial charge is 0.465 e. The second-order valence-corrected chi connectivity index (χ2v) is 6.10. The maximum atomic E-state index is 11.6. The first-order valence-corrected chi connectivity index (χ1v) is 8.72. The van der Waals surface area contributed by atoms with Crippen molar-refractivity contribution in [1.29, 1.82) is 0 Å². The molecule has 28 heavy (non-hydrogen) atoms. The summed E-state index contributed by atoms with van der Waals surface area (Å²) >= 11 is 0. The van der Waals surface area contributed by atoms with Crippen molar-refractivity contribution in [3.63, 3.8) is 0 Å². The lowest BCUT2D eigenvalue weighted by molar-refractivity contribution is 0.0601. The number of rotatable bonds is 7. The molecule has 0 unspecified atom stereocenters. The van der Waals surface area contributed by atoms with Crippen LogP contribution >= 0.6 is 0 Å². The van der Waals surface area contributed by atoms with Crippen LogP contribution in [0.1, 0.15) is 17.3 Å². The summed E-state index contributed by atoms with van der Waals surface area (Å²) in [4.78, 5) is 24.8. The average Bonchev–Trinajstić information content (AvgIpc) is 2.74. The maximum absolute atomic E-state index is 11.6. The molecule has 2 aromatic heterocycles. The Hall–Kier alpha value is -3.52. The molecule has 0 bridgehead atoms. The van der Waals surface area contributed by atoms with Crippen LogP contribution in [0, 0.1) is 0 Å². The second kappa shape index (κ2) is 8.92. The molecule has 0 saturated carbocycles. The van der Waals surface area contributed by atoms with Gasteiger partial charge in [0.2, 0.25) is 5.95 Å². The van der Waals surface area contributed by atoms with E-state index in [0.29, 0.717) is 28.7 Å². The Kier molecular flexibility index (Phi) is 6.13. The zero-order chi connectivity index (χ0) is 19.9. The molecule has 0 spiro atoms. The molecule has 0 saturated heterocycles. The monoisotopic (exact) mass is 379 g/mol. The highest BCUT2D eigenvalue weighted by atomic mass is 16.5. The van der Waals surface area contributed by atoms with Gasteiger partial charge in [-0.15, -0.1) is 0 Å². The Labute approximate surface area is 162 Å². The van der Waals surface area contributed by atoms with Crippen molar-refractivity contribution in [2.24, 2.45) is 0 Å². The molecule has 2 heterocycles. The number of benzene rings is 1. The Bertz CT molecular complexity index is 932. The lowest BCUT2D eigenvalue weighted by Gasteiger charge is -2.14. The molecule has 3 rings (SSSR count). The summed E-state index contributed by atoms with van der Waals surface area (Å²) in [6.07, 6.45) is 1.69. The number of esters is 1. The number of aliphatic hydroxyl groups is 1. The molecule has 0 aliphatic carbocycles. The quantitative estimate of drug-likeness (QED) is 0.538. The summed E-state index contributed by atoms with van der Waals surface area (Å²) in [7, 11) is 1.34. The third kappa shape index (κ3) is 4.80. The van der Waals surface area contributed by atoms with Gasteiger partial charge in [0.25, 0.3) is 0 Å². The zero-order valence-corrected chi connectivity index (χ0v) is 15.6. The van der Waals surface area contributed by atoms with E-state index >= 15 is 0 Å². The first kappa shape index (κ1) is 19.2. The van der Waals surface area contributed by atoms with Crippen LogP contribution in [0.25, 0.3) is 11.4 Å². The van der Waals surface area contributed by atoms with Gasteiger partial charge in [-0.25, -0.2) is 9.78 Å². The SMILES string of the molecule is COC(=O)c1ccc(Nc2cc(-c3ccccn3)nc(N[C@@H](C)CO)n2)cc1. The number of ether oxygens (including phenoxy) is 1. The van der Waals surface area contributed by atoms with Gasteiger partial charge in [0.15, 0.2) is 0 Å². The van der Waals surface area contributed by atoms with E-state index in [1.54, 1.807) is 36.5 Å². The average molecular weight is 379 g/mol. The number of nitrogens with one attached hydrogen (secondary N) is 2. The summed E-state index contributed by atoms with van der Waals surface area (Å²) in [6, 6.07) is 14.0. The molecule has 0 fully saturated rings. The first-order valence-electron chi connectivity index (χ1n) is 8.72. The van der Waals surface area contributed by atoms with Crippen LogP contribution in [0.2, 0.25) is 0 Å². The normalized spacial score (nSPS) is 11.5. The lowest BCUT2D eigenvalue weighted by Crippen LogP contribution is -2.21. The van der Waals surface area contributed by atoms with Crippen molar-refractivity contribution in [3.05, 3.63) is 60.3 Å². The smallest absolute Gasteiger partial charge is 0.337 e. The fourth-order valence-corrected chi connectivity index (χ4v) is 2.44. The van der Waals surface area contributed by atoms with E-state index in [0.717, 1.165) is 5.69 Å². The molecule has 3 aromatic rings. The minimum Gasteiger partial charge on any atom is -0.465 e. The number of aliphatic hydroxyl groups excluding tert-OH is 1. The van der Waals surface area contributed by atoms with E-state index in [1.807, 2.05) is 25.1 Å². The van der Waals surface area contributed by atoms with E-state index in [2.05, 4.69) is 25.6 Å². The Morgan fingerprint density at radius 3 is 2.57 bits per heavy atom. The number of hydrogen-bond donors (Lipinski definition) is 3. The van der Waals surface area contributed by atoms with E-state index in [4.69, 9.17) is 4.74 Å². The molecule has 144 valence electrons. The van der Waals surface area contributed by atoms with Crippen LogP contribution in [0.4, 0.5) is 17.5 Å². The molecule has 0 radical (unpaired) electrons. The van der Waals surface area contributed by atoms with Crippen molar-refractivity contribution in [1.82, 2.24) is 15.0 Å². The zero-order valence-electron chi connectivity index (χ0n) is 15.6. The lowest BCUT2D eigenvalue weighted by atomic mass is 10.2. The van der Waals surface area contributed by atoms with Crippen LogP contribution in [0.3, 0.4) is 0 Å². The molecule has 1 aromatic carbocycles. The number of carbonyl (C=O) groups excluding carboxylic acids is 1. The van der Waals surface area contributed by atoms with Gasteiger partial charge in [-0.05, 0) is 43.3 Å². The van der Waals surface area contributed by atoms with E-state index in [9.17, 15) is 9.90 Å². The van der Waals surface area contributed by atoms with Gasteiger partial charge in [-0.1, -0.05) is 6.07 Å². The summed E-state index contributed by atoms with van der Waals surface area (Å²) < 4.78 is 4.71. The van der Waals surface area contributed by atoms with Gasteiger partial charge in [-0.2, -0.15) is 4.98 Å². The highest BCUT2D eigenvalue weighted by Gasteiger charge is 2.11. The molecule has 0 amide bonds. The third-order valence-electron chi connectivity index (χ3n) is 3.88. The van der Waals surface area contributed by atoms with Crippen molar-refractivity contribution in [3.8, 4) is 11.4 Å². The number of hydrogen-bond acceptors (Lipinski definition) is 8. The summed E-state index contributed by atoms with van der Waals surface area (Å²) in [5.41, 5.74) is 2.55. The van der Waals surface area contributed by atoms with Crippen molar-refractivity contribution in [2.75, 3.05) is 24.4 Å². The molecular formula is C20H21N5O3. The summed E-state index contributed by atoms with van der Waals surface area (Å²) in [5, 5.41) is 15.5. The number of nitrogens with zero attached hydrogens (tertiary/aromatic N) is 3. The van der Waals surface area contributed by atoms with Gasteiger partial charge in [-0.3, -0.25) is 4.98 Å². The maximum Gasteiger partial charge on any atom is 0.337 e. The van der Waals surface area contributed by atoms with Crippen molar-refractivity contribution >= 4 is 23.4 Å². The Balaban J connectivity index is 1.90. The van der Waals surface area contributed by atoms with E-state index in [1.165, 1.54) is 7.11 Å². The Morgan fingerprint density at radius 2 is 1.93 bits per heavy atom. The molecule has 8 heteroatoms. The van der Waals surface area contributed by atoms with Crippen molar-refractivity contribution < 1.29 is 14.6 Å². The minimum absolute atomic E-state index is 0.0467. The highest BCUT2D eigenvalue weighted by Crippen LogP contribution is 2.23. The van der Waals surface area contributed by atoms with Gasteiger partial charge >= 0.3 is 5.97 Å². The van der Waals surface area contributed by atoms with Crippen LogP contribution in [0.5, 0.6) is 0 Å². The number of aromatic nitrogens is 3. The number of carbonyl (C=O) groups is 1. The number of anilines is 3. The fraction of sp³-hybridized carbons (Fsp3) is 0.200. The highest BCUT2D eigenvalue weighted by molar-refractivity contribution is 5.89. The van der Waals surface area contributed by atoms with Gasteiger partial charge in [0, 0.05) is 24.0 Å². The molecule has 8 nitrogen and oxygen atoms in total. The number of pyridine rings is 1. The molecule has 1 atom stereocenters. The number of methoxy groups -OCH3 is 1. The van der Waals surface area contributed by atoms with Gasteiger partial charge in [0.1, 0.15) is 5.82 Å². The van der Waals surface area contributed by atoms with E-state index < -0.39 is 5.97 Å². The summed E-state index contributed by atoms with van der Waals surface area (Å²) in [5.74, 6) is 0.531. The predicted octanol–water partition coefficient (Wildman–Crippen LogP) is 2.86. The molecular weight excluding hydrogens is 358 g/mol. The van der Waals surface area contributed by atoms with Crippen LogP contribution in [-0.4, -0.2) is 45.8 Å². The predicted molar refractivity (Wildman–Crippen MR) is 106 cm³/mol. The molecule has 3 N–H and O–H groups in total.